The number of Topliss-reactive ketones (excluding diaryl/α,β-unsaturated/α-hetero) is 1. The Kier molecular flexibility index (Phi) is 4.66. The van der Waals surface area contributed by atoms with Gasteiger partial charge in [0.15, 0.2) is 11.4 Å². The van der Waals surface area contributed by atoms with Gasteiger partial charge in [-0.25, -0.2) is 4.39 Å². The lowest BCUT2D eigenvalue weighted by Crippen LogP contribution is -2.44. The van der Waals surface area contributed by atoms with E-state index in [1.54, 1.807) is 6.92 Å². The van der Waals surface area contributed by atoms with Crippen molar-refractivity contribution >= 4 is 5.78 Å². The molecule has 0 saturated heterocycles. The van der Waals surface area contributed by atoms with E-state index < -0.39 is 41.1 Å². The van der Waals surface area contributed by atoms with Crippen LogP contribution in [0.3, 0.4) is 0 Å². The third kappa shape index (κ3) is 3.41. The van der Waals surface area contributed by atoms with Gasteiger partial charge >= 0.3 is 6.18 Å². The van der Waals surface area contributed by atoms with Crippen LogP contribution in [0.25, 0.3) is 0 Å². The second-order valence-corrected chi connectivity index (χ2v) is 5.49. The molecule has 0 aromatic heterocycles. The predicted molar refractivity (Wildman–Crippen MR) is 78.1 cm³/mol. The third-order valence-electron chi connectivity index (χ3n) is 3.64. The molecule has 128 valence electrons. The van der Waals surface area contributed by atoms with E-state index in [-0.39, 0.29) is 5.56 Å². The minimum absolute atomic E-state index is 0.339. The average molecular weight is 342 g/mol. The molecule has 0 radical (unpaired) electrons. The Morgan fingerprint density at radius 1 is 1.12 bits per heavy atom. The summed E-state index contributed by atoms with van der Waals surface area (Å²) in [6.07, 6.45) is -6.59. The van der Waals surface area contributed by atoms with Crippen molar-refractivity contribution in [3.63, 3.8) is 0 Å². The lowest BCUT2D eigenvalue weighted by Gasteiger charge is -2.30. The molecule has 0 spiro atoms. The molecule has 0 heterocycles. The number of aliphatic hydroxyl groups is 1. The van der Waals surface area contributed by atoms with Gasteiger partial charge in [0, 0.05) is 0 Å². The Morgan fingerprint density at radius 3 is 2.38 bits per heavy atom. The van der Waals surface area contributed by atoms with Crippen LogP contribution in [0.1, 0.15) is 27.9 Å². The van der Waals surface area contributed by atoms with Crippen LogP contribution in [0, 0.1) is 12.7 Å². The second-order valence-electron chi connectivity index (χ2n) is 5.49. The number of carbonyl (C=O) groups is 1. The van der Waals surface area contributed by atoms with Gasteiger partial charge in [0.2, 0.25) is 0 Å². The number of aromatic hydroxyl groups is 1. The minimum Gasteiger partial charge on any atom is -0.507 e. The summed E-state index contributed by atoms with van der Waals surface area (Å²) in [5, 5.41) is 19.8. The molecule has 2 N–H and O–H groups in total. The molecular formula is C17H14F4O3. The van der Waals surface area contributed by atoms with Crippen molar-refractivity contribution in [2.24, 2.45) is 0 Å². The Morgan fingerprint density at radius 2 is 1.79 bits per heavy atom. The van der Waals surface area contributed by atoms with Crippen LogP contribution in [0.15, 0.2) is 42.5 Å². The summed E-state index contributed by atoms with van der Waals surface area (Å²) in [7, 11) is 0. The maximum Gasteiger partial charge on any atom is 0.421 e. The molecule has 3 nitrogen and oxygen atoms in total. The monoisotopic (exact) mass is 342 g/mol. The molecule has 7 heteroatoms. The number of aryl methyl sites for hydroxylation is 1. The fraction of sp³-hybridized carbons (Fsp3) is 0.235. The number of halogens is 4. The number of rotatable bonds is 4. The molecule has 0 aliphatic carbocycles. The highest BCUT2D eigenvalue weighted by Crippen LogP contribution is 2.43. The molecule has 2 aromatic rings. The van der Waals surface area contributed by atoms with Gasteiger partial charge in [-0.1, -0.05) is 23.8 Å². The van der Waals surface area contributed by atoms with Crippen molar-refractivity contribution in [1.29, 1.82) is 0 Å². The minimum atomic E-state index is -5.21. The van der Waals surface area contributed by atoms with E-state index in [2.05, 4.69) is 0 Å². The number of alkyl halides is 3. The van der Waals surface area contributed by atoms with E-state index in [0.29, 0.717) is 11.6 Å². The zero-order valence-corrected chi connectivity index (χ0v) is 12.6. The first-order valence-corrected chi connectivity index (χ1v) is 6.92. The molecule has 0 aliphatic rings. The van der Waals surface area contributed by atoms with Crippen LogP contribution in [0.4, 0.5) is 17.6 Å². The maximum absolute atomic E-state index is 13.4. The van der Waals surface area contributed by atoms with E-state index in [9.17, 15) is 32.6 Å². The molecule has 2 aromatic carbocycles. The van der Waals surface area contributed by atoms with Gasteiger partial charge < -0.3 is 10.2 Å². The van der Waals surface area contributed by atoms with E-state index in [4.69, 9.17) is 0 Å². The molecule has 0 amide bonds. The van der Waals surface area contributed by atoms with Gasteiger partial charge in [-0.2, -0.15) is 13.2 Å². The van der Waals surface area contributed by atoms with Crippen LogP contribution in [0.2, 0.25) is 0 Å². The topological polar surface area (TPSA) is 57.5 Å². The number of hydrogen-bond acceptors (Lipinski definition) is 3. The van der Waals surface area contributed by atoms with Gasteiger partial charge in [-0.3, -0.25) is 4.79 Å². The van der Waals surface area contributed by atoms with Crippen molar-refractivity contribution in [2.75, 3.05) is 0 Å². The van der Waals surface area contributed by atoms with Crippen molar-refractivity contribution in [2.45, 2.75) is 25.1 Å². The van der Waals surface area contributed by atoms with Crippen molar-refractivity contribution < 1.29 is 32.6 Å². The lowest BCUT2D eigenvalue weighted by molar-refractivity contribution is -0.264. The van der Waals surface area contributed by atoms with E-state index in [1.165, 1.54) is 18.2 Å². The summed E-state index contributed by atoms with van der Waals surface area (Å²) in [4.78, 5) is 12.2. The molecular weight excluding hydrogens is 328 g/mol. The molecule has 2 rings (SSSR count). The number of carbonyl (C=O) groups excluding carboxylic acids is 1. The van der Waals surface area contributed by atoms with Gasteiger partial charge in [-0.15, -0.1) is 0 Å². The molecule has 0 fully saturated rings. The quantitative estimate of drug-likeness (QED) is 0.655. The first kappa shape index (κ1) is 17.9. The number of benzene rings is 2. The summed E-state index contributed by atoms with van der Waals surface area (Å²) in [6.45, 7) is 1.60. The molecule has 24 heavy (non-hydrogen) atoms. The fourth-order valence-electron chi connectivity index (χ4n) is 2.31. The van der Waals surface area contributed by atoms with Crippen molar-refractivity contribution in [3.8, 4) is 5.75 Å². The van der Waals surface area contributed by atoms with Crippen LogP contribution >= 0.6 is 0 Å². The van der Waals surface area contributed by atoms with Crippen LogP contribution < -0.4 is 0 Å². The predicted octanol–water partition coefficient (Wildman–Crippen LogP) is 3.86. The SMILES string of the molecule is Cc1ccc(O)c(C(=O)C[C@](O)(c2cccc(F)c2)C(F)(F)F)c1. The van der Waals surface area contributed by atoms with E-state index >= 15 is 0 Å². The number of ketones is 1. The molecule has 1 atom stereocenters. The van der Waals surface area contributed by atoms with E-state index in [0.717, 1.165) is 18.2 Å². The zero-order valence-electron chi connectivity index (χ0n) is 12.6. The summed E-state index contributed by atoms with van der Waals surface area (Å²) in [5.74, 6) is -2.57. The van der Waals surface area contributed by atoms with E-state index in [1.807, 2.05) is 0 Å². The molecule has 0 unspecified atom stereocenters. The third-order valence-corrected chi connectivity index (χ3v) is 3.64. The standard InChI is InChI=1S/C17H14F4O3/c1-10-5-6-14(22)13(7-10)15(23)9-16(24,17(19,20)21)11-3-2-4-12(18)8-11/h2-8,22,24H,9H2,1H3/t16-/m0/s1. The molecule has 0 saturated carbocycles. The van der Waals surface area contributed by atoms with Gasteiger partial charge in [0.1, 0.15) is 11.6 Å². The maximum atomic E-state index is 13.4. The molecule has 0 bridgehead atoms. The van der Waals surface area contributed by atoms with Gasteiger partial charge in [-0.05, 0) is 36.8 Å². The Bertz CT molecular complexity index is 771. The largest absolute Gasteiger partial charge is 0.507 e. The summed E-state index contributed by atoms with van der Waals surface area (Å²) >= 11 is 0. The van der Waals surface area contributed by atoms with Gasteiger partial charge in [0.05, 0.1) is 12.0 Å². The lowest BCUT2D eigenvalue weighted by atomic mass is 9.86. The molecule has 0 aliphatic heterocycles. The first-order valence-electron chi connectivity index (χ1n) is 6.92. The summed E-state index contributed by atoms with van der Waals surface area (Å²) in [5.41, 5.74) is -4.13. The second kappa shape index (κ2) is 6.24. The Balaban J connectivity index is 2.47. The first-order chi connectivity index (χ1) is 11.0. The normalized spacial score (nSPS) is 14.2. The fourth-order valence-corrected chi connectivity index (χ4v) is 2.31. The number of phenolic OH excluding ortho intramolecular Hbond substituents is 1. The number of hydrogen-bond donors (Lipinski definition) is 2. The zero-order chi connectivity index (χ0) is 18.1. The summed E-state index contributed by atoms with van der Waals surface area (Å²) < 4.78 is 53.4. The highest BCUT2D eigenvalue weighted by Gasteiger charge is 2.56. The Hall–Kier alpha value is -2.41. The number of phenols is 1. The highest BCUT2D eigenvalue weighted by atomic mass is 19.4. The smallest absolute Gasteiger partial charge is 0.421 e. The van der Waals surface area contributed by atoms with Gasteiger partial charge in [0.25, 0.3) is 0 Å². The van der Waals surface area contributed by atoms with Crippen LogP contribution in [-0.4, -0.2) is 22.2 Å². The average Bonchev–Trinajstić information content (AvgIpc) is 2.48. The van der Waals surface area contributed by atoms with Crippen molar-refractivity contribution in [3.05, 3.63) is 65.0 Å². The highest BCUT2D eigenvalue weighted by molar-refractivity contribution is 5.99. The van der Waals surface area contributed by atoms with Crippen molar-refractivity contribution in [1.82, 2.24) is 0 Å². The summed E-state index contributed by atoms with van der Waals surface area (Å²) in [6, 6.07) is 7.23. The van der Waals surface area contributed by atoms with Crippen LogP contribution in [0.5, 0.6) is 5.75 Å². The Labute approximate surface area is 135 Å². The van der Waals surface area contributed by atoms with Crippen LogP contribution in [-0.2, 0) is 5.60 Å².